The smallest absolute Gasteiger partial charge is 0.0495 e. The monoisotopic (exact) mass is 268 g/mol. The Morgan fingerprint density at radius 2 is 1.42 bits per heavy atom. The summed E-state index contributed by atoms with van der Waals surface area (Å²) in [5.41, 5.74) is 0. The molecule has 19 heavy (non-hydrogen) atoms. The van der Waals surface area contributed by atoms with Crippen molar-refractivity contribution in [2.45, 2.75) is 39.0 Å². The van der Waals surface area contributed by atoms with Gasteiger partial charge in [-0.3, -0.25) is 0 Å². The predicted molar refractivity (Wildman–Crippen MR) is 80.5 cm³/mol. The van der Waals surface area contributed by atoms with Gasteiger partial charge in [0.1, 0.15) is 0 Å². The van der Waals surface area contributed by atoms with Crippen LogP contribution in [0.1, 0.15) is 39.0 Å². The molecule has 0 atom stereocenters. The molecule has 2 rings (SSSR count). The van der Waals surface area contributed by atoms with Gasteiger partial charge in [0.15, 0.2) is 0 Å². The first kappa shape index (κ1) is 15.3. The Hall–Kier alpha value is -0.120. The molecule has 3 heteroatoms. The minimum absolute atomic E-state index is 0.816. The van der Waals surface area contributed by atoms with E-state index in [9.17, 15) is 0 Å². The van der Waals surface area contributed by atoms with Crippen LogP contribution in [-0.2, 0) is 4.74 Å². The number of hydrogen-bond donors (Lipinski definition) is 0. The van der Waals surface area contributed by atoms with Gasteiger partial charge in [-0.15, -0.1) is 0 Å². The highest BCUT2D eigenvalue weighted by atomic mass is 16.5. The van der Waals surface area contributed by atoms with Gasteiger partial charge >= 0.3 is 0 Å². The molecule has 2 heterocycles. The van der Waals surface area contributed by atoms with Gasteiger partial charge in [0.2, 0.25) is 0 Å². The van der Waals surface area contributed by atoms with E-state index >= 15 is 0 Å². The van der Waals surface area contributed by atoms with Crippen molar-refractivity contribution in [3.05, 3.63) is 0 Å². The van der Waals surface area contributed by atoms with E-state index in [1.165, 1.54) is 64.8 Å². The third kappa shape index (κ3) is 5.41. The molecule has 0 bridgehead atoms. The highest BCUT2D eigenvalue weighted by molar-refractivity contribution is 4.73. The molecule has 0 radical (unpaired) electrons. The average Bonchev–Trinajstić information content (AvgIpc) is 2.43. The molecule has 0 N–H and O–H groups in total. The fraction of sp³-hybridized carbons (Fsp3) is 1.00. The van der Waals surface area contributed by atoms with Crippen LogP contribution in [0.3, 0.4) is 0 Å². The summed E-state index contributed by atoms with van der Waals surface area (Å²) < 4.78 is 6.01. The minimum atomic E-state index is 0.816. The van der Waals surface area contributed by atoms with E-state index in [0.29, 0.717) is 0 Å². The molecule has 0 aliphatic carbocycles. The topological polar surface area (TPSA) is 15.7 Å². The Bertz CT molecular complexity index is 231. The van der Waals surface area contributed by atoms with Gasteiger partial charge in [-0.1, -0.05) is 6.92 Å². The van der Waals surface area contributed by atoms with Crippen LogP contribution >= 0.6 is 0 Å². The summed E-state index contributed by atoms with van der Waals surface area (Å²) in [7, 11) is 2.22. The molecule has 0 amide bonds. The molecule has 3 nitrogen and oxygen atoms in total. The van der Waals surface area contributed by atoms with Gasteiger partial charge in [-0.05, 0) is 83.7 Å². The van der Waals surface area contributed by atoms with Crippen molar-refractivity contribution in [3.63, 3.8) is 0 Å². The lowest BCUT2D eigenvalue weighted by atomic mass is 9.96. The van der Waals surface area contributed by atoms with Crippen molar-refractivity contribution < 1.29 is 4.74 Å². The molecule has 0 unspecified atom stereocenters. The first-order valence-electron chi connectivity index (χ1n) is 8.26. The Labute approximate surface area is 119 Å². The molecule has 2 saturated heterocycles. The highest BCUT2D eigenvalue weighted by Crippen LogP contribution is 2.20. The van der Waals surface area contributed by atoms with E-state index in [4.69, 9.17) is 4.74 Å². The quantitative estimate of drug-likeness (QED) is 0.736. The maximum atomic E-state index is 6.01. The summed E-state index contributed by atoms with van der Waals surface area (Å²) >= 11 is 0. The molecule has 0 spiro atoms. The number of ether oxygens (including phenoxy) is 1. The summed E-state index contributed by atoms with van der Waals surface area (Å²) in [6.07, 6.45) is 6.62. The van der Waals surface area contributed by atoms with E-state index in [1.54, 1.807) is 0 Å². The van der Waals surface area contributed by atoms with Crippen LogP contribution in [0.5, 0.6) is 0 Å². The number of likely N-dealkylation sites (tertiary alicyclic amines) is 2. The van der Waals surface area contributed by atoms with E-state index in [0.717, 1.165) is 25.0 Å². The Kier molecular flexibility index (Phi) is 6.62. The lowest BCUT2D eigenvalue weighted by molar-refractivity contribution is 0.0335. The van der Waals surface area contributed by atoms with Gasteiger partial charge < -0.3 is 14.5 Å². The first-order valence-corrected chi connectivity index (χ1v) is 8.26. The zero-order valence-electron chi connectivity index (χ0n) is 12.9. The second-order valence-corrected chi connectivity index (χ2v) is 6.57. The van der Waals surface area contributed by atoms with Crippen LogP contribution in [0, 0.1) is 11.8 Å². The molecular weight excluding hydrogens is 236 g/mol. The fourth-order valence-corrected chi connectivity index (χ4v) is 3.32. The van der Waals surface area contributed by atoms with Crippen LogP contribution < -0.4 is 0 Å². The Morgan fingerprint density at radius 1 is 0.895 bits per heavy atom. The van der Waals surface area contributed by atoms with E-state index in [-0.39, 0.29) is 0 Å². The summed E-state index contributed by atoms with van der Waals surface area (Å²) in [5, 5.41) is 0. The van der Waals surface area contributed by atoms with Crippen molar-refractivity contribution >= 4 is 0 Å². The molecule has 0 saturated carbocycles. The van der Waals surface area contributed by atoms with Crippen molar-refractivity contribution in [2.24, 2.45) is 11.8 Å². The SMILES string of the molecule is CCCN1CCC(COCC2CCN(C)CC2)CC1. The number of hydrogen-bond acceptors (Lipinski definition) is 3. The van der Waals surface area contributed by atoms with Gasteiger partial charge in [0, 0.05) is 13.2 Å². The summed E-state index contributed by atoms with van der Waals surface area (Å²) in [4.78, 5) is 5.04. The number of rotatable bonds is 6. The predicted octanol–water partition coefficient (Wildman–Crippen LogP) is 2.47. The molecule has 2 fully saturated rings. The van der Waals surface area contributed by atoms with Crippen molar-refractivity contribution in [3.8, 4) is 0 Å². The van der Waals surface area contributed by atoms with Crippen molar-refractivity contribution in [1.82, 2.24) is 9.80 Å². The second-order valence-electron chi connectivity index (χ2n) is 6.57. The normalized spacial score (nSPS) is 24.9. The molecule has 2 aliphatic heterocycles. The second kappa shape index (κ2) is 8.23. The molecule has 2 aliphatic rings. The van der Waals surface area contributed by atoms with Gasteiger partial charge in [0.25, 0.3) is 0 Å². The van der Waals surface area contributed by atoms with Crippen molar-refractivity contribution in [1.29, 1.82) is 0 Å². The Balaban J connectivity index is 1.52. The third-order valence-electron chi connectivity index (χ3n) is 4.79. The van der Waals surface area contributed by atoms with Gasteiger partial charge in [0.05, 0.1) is 0 Å². The summed E-state index contributed by atoms with van der Waals surface area (Å²) in [5.74, 6) is 1.63. The fourth-order valence-electron chi connectivity index (χ4n) is 3.32. The van der Waals surface area contributed by atoms with Crippen LogP contribution in [0.15, 0.2) is 0 Å². The van der Waals surface area contributed by atoms with Crippen LogP contribution in [0.25, 0.3) is 0 Å². The summed E-state index contributed by atoms with van der Waals surface area (Å²) in [6, 6.07) is 0. The molecule has 0 aromatic rings. The first-order chi connectivity index (χ1) is 9.28. The lowest BCUT2D eigenvalue weighted by Crippen LogP contribution is -2.36. The van der Waals surface area contributed by atoms with Crippen molar-refractivity contribution in [2.75, 3.05) is 53.0 Å². The minimum Gasteiger partial charge on any atom is -0.381 e. The standard InChI is InChI=1S/C16H32N2O/c1-3-8-18-11-6-16(7-12-18)14-19-13-15-4-9-17(2)10-5-15/h15-16H,3-14H2,1-2H3. The maximum absolute atomic E-state index is 6.01. The highest BCUT2D eigenvalue weighted by Gasteiger charge is 2.20. The average molecular weight is 268 g/mol. The molecule has 0 aromatic carbocycles. The van der Waals surface area contributed by atoms with Crippen LogP contribution in [0.2, 0.25) is 0 Å². The third-order valence-corrected chi connectivity index (χ3v) is 4.79. The van der Waals surface area contributed by atoms with E-state index in [1.807, 2.05) is 0 Å². The summed E-state index contributed by atoms with van der Waals surface area (Å²) in [6.45, 7) is 10.6. The number of nitrogens with zero attached hydrogens (tertiary/aromatic N) is 2. The zero-order valence-corrected chi connectivity index (χ0v) is 12.9. The van der Waals surface area contributed by atoms with Gasteiger partial charge in [-0.2, -0.15) is 0 Å². The Morgan fingerprint density at radius 3 is 1.95 bits per heavy atom. The molecule has 0 aromatic heterocycles. The largest absolute Gasteiger partial charge is 0.381 e. The molecular formula is C16H32N2O. The van der Waals surface area contributed by atoms with Gasteiger partial charge in [-0.25, -0.2) is 0 Å². The maximum Gasteiger partial charge on any atom is 0.0495 e. The van der Waals surface area contributed by atoms with Crippen LogP contribution in [0.4, 0.5) is 0 Å². The van der Waals surface area contributed by atoms with Crippen LogP contribution in [-0.4, -0.2) is 62.8 Å². The zero-order chi connectivity index (χ0) is 13.5. The molecule has 112 valence electrons. The van der Waals surface area contributed by atoms with E-state index < -0.39 is 0 Å². The lowest BCUT2D eigenvalue weighted by Gasteiger charge is -2.32. The van der Waals surface area contributed by atoms with E-state index in [2.05, 4.69) is 23.8 Å². The number of piperidine rings is 2.